The van der Waals surface area contributed by atoms with E-state index in [-0.39, 0.29) is 17.9 Å². The number of carboxylic acids is 1. The number of likely N-dealkylation sites (tertiary alicyclic amines) is 1. The summed E-state index contributed by atoms with van der Waals surface area (Å²) in [5, 5.41) is 12.0. The molecule has 2 rings (SSSR count). The largest absolute Gasteiger partial charge is 0.481 e. The Morgan fingerprint density at radius 2 is 2.00 bits per heavy atom. The Morgan fingerprint density at radius 3 is 2.43 bits per heavy atom. The Kier molecular flexibility index (Phi) is 4.76. The molecule has 0 spiro atoms. The van der Waals surface area contributed by atoms with Crippen LogP contribution in [-0.2, 0) is 4.79 Å². The maximum Gasteiger partial charge on any atom is 0.317 e. The number of carbonyl (C=O) groups excluding carboxylic acids is 1. The second kappa shape index (κ2) is 6.22. The molecule has 1 aliphatic heterocycles. The molecule has 6 nitrogen and oxygen atoms in total. The molecule has 120 valence electrons. The Labute approximate surface area is 126 Å². The van der Waals surface area contributed by atoms with Crippen LogP contribution >= 0.6 is 0 Å². The van der Waals surface area contributed by atoms with E-state index in [4.69, 9.17) is 5.11 Å². The first-order valence-electron chi connectivity index (χ1n) is 7.74. The molecule has 0 bridgehead atoms. The van der Waals surface area contributed by atoms with Gasteiger partial charge in [-0.2, -0.15) is 0 Å². The minimum Gasteiger partial charge on any atom is -0.481 e. The molecule has 0 aromatic carbocycles. The minimum atomic E-state index is -0.772. The third-order valence-corrected chi connectivity index (χ3v) is 5.08. The van der Waals surface area contributed by atoms with Gasteiger partial charge >= 0.3 is 12.0 Å². The maximum absolute atomic E-state index is 12.3. The summed E-state index contributed by atoms with van der Waals surface area (Å²) in [6.07, 6.45) is 3.02. The van der Waals surface area contributed by atoms with Crippen molar-refractivity contribution in [3.63, 3.8) is 0 Å². The molecular weight excluding hydrogens is 270 g/mol. The summed E-state index contributed by atoms with van der Waals surface area (Å²) in [6, 6.07) is 0.343. The molecular formula is C15H27N3O3. The summed E-state index contributed by atoms with van der Waals surface area (Å²) in [5.74, 6) is -0.311. The first-order chi connectivity index (χ1) is 9.83. The van der Waals surface area contributed by atoms with Gasteiger partial charge in [-0.3, -0.25) is 4.79 Å². The van der Waals surface area contributed by atoms with Gasteiger partial charge in [0.1, 0.15) is 0 Å². The van der Waals surface area contributed by atoms with Gasteiger partial charge in [0.2, 0.25) is 0 Å². The summed E-state index contributed by atoms with van der Waals surface area (Å²) in [4.78, 5) is 27.2. The van der Waals surface area contributed by atoms with Crippen LogP contribution in [0.1, 0.15) is 32.6 Å². The molecule has 0 aromatic heterocycles. The Balaban J connectivity index is 1.84. The van der Waals surface area contributed by atoms with E-state index in [1.54, 1.807) is 0 Å². The van der Waals surface area contributed by atoms with Crippen molar-refractivity contribution in [1.29, 1.82) is 0 Å². The molecule has 2 atom stereocenters. The Hall–Kier alpha value is -1.30. The number of nitrogens with one attached hydrogen (secondary N) is 1. The van der Waals surface area contributed by atoms with Crippen LogP contribution in [0.2, 0.25) is 0 Å². The van der Waals surface area contributed by atoms with Crippen LogP contribution in [0.3, 0.4) is 0 Å². The number of hydrogen-bond donors (Lipinski definition) is 2. The van der Waals surface area contributed by atoms with Crippen molar-refractivity contribution < 1.29 is 14.7 Å². The number of likely N-dealkylation sites (N-methyl/N-ethyl adjacent to an activating group) is 1. The molecule has 0 aromatic rings. The zero-order valence-electron chi connectivity index (χ0n) is 13.3. The van der Waals surface area contributed by atoms with E-state index in [1.165, 1.54) is 0 Å². The SMILES string of the molecule is CC1CN(C(=O)NCC2(CC(=O)O)CCC2)CC1N(C)C. The van der Waals surface area contributed by atoms with Crippen LogP contribution in [0.5, 0.6) is 0 Å². The molecule has 1 saturated heterocycles. The molecule has 0 radical (unpaired) electrons. The lowest BCUT2D eigenvalue weighted by Gasteiger charge is -2.41. The molecule has 21 heavy (non-hydrogen) atoms. The lowest BCUT2D eigenvalue weighted by Crippen LogP contribution is -2.48. The number of urea groups is 1. The van der Waals surface area contributed by atoms with Crippen molar-refractivity contribution in [2.75, 3.05) is 33.7 Å². The van der Waals surface area contributed by atoms with E-state index in [1.807, 2.05) is 19.0 Å². The molecule has 2 unspecified atom stereocenters. The molecule has 2 N–H and O–H groups in total. The zero-order chi connectivity index (χ0) is 15.6. The predicted molar refractivity (Wildman–Crippen MR) is 80.1 cm³/mol. The third kappa shape index (κ3) is 3.67. The summed E-state index contributed by atoms with van der Waals surface area (Å²) in [7, 11) is 4.08. The van der Waals surface area contributed by atoms with E-state index < -0.39 is 5.97 Å². The number of aliphatic carboxylic acids is 1. The van der Waals surface area contributed by atoms with Crippen molar-refractivity contribution in [1.82, 2.24) is 15.1 Å². The fourth-order valence-electron chi connectivity index (χ4n) is 3.58. The van der Waals surface area contributed by atoms with Crippen LogP contribution in [-0.4, -0.2) is 66.7 Å². The number of rotatable bonds is 5. The Bertz CT molecular complexity index is 407. The van der Waals surface area contributed by atoms with Crippen LogP contribution in [0.25, 0.3) is 0 Å². The molecule has 2 amide bonds. The topological polar surface area (TPSA) is 72.9 Å². The van der Waals surface area contributed by atoms with E-state index in [0.29, 0.717) is 18.5 Å². The highest BCUT2D eigenvalue weighted by Gasteiger charge is 2.40. The van der Waals surface area contributed by atoms with Crippen LogP contribution < -0.4 is 5.32 Å². The smallest absolute Gasteiger partial charge is 0.317 e. The number of carbonyl (C=O) groups is 2. The number of amides is 2. The maximum atomic E-state index is 12.3. The van der Waals surface area contributed by atoms with Gasteiger partial charge in [-0.15, -0.1) is 0 Å². The van der Waals surface area contributed by atoms with Gasteiger partial charge in [0.25, 0.3) is 0 Å². The summed E-state index contributed by atoms with van der Waals surface area (Å²) >= 11 is 0. The van der Waals surface area contributed by atoms with E-state index in [9.17, 15) is 9.59 Å². The Morgan fingerprint density at radius 1 is 1.33 bits per heavy atom. The van der Waals surface area contributed by atoms with Gasteiger partial charge in [0.15, 0.2) is 0 Å². The normalized spacial score (nSPS) is 27.5. The van der Waals surface area contributed by atoms with Gasteiger partial charge in [-0.05, 0) is 38.3 Å². The second-order valence-corrected chi connectivity index (χ2v) is 7.00. The quantitative estimate of drug-likeness (QED) is 0.800. The average Bonchev–Trinajstić information content (AvgIpc) is 2.74. The fraction of sp³-hybridized carbons (Fsp3) is 0.867. The van der Waals surface area contributed by atoms with Crippen molar-refractivity contribution in [2.45, 2.75) is 38.6 Å². The lowest BCUT2D eigenvalue weighted by atomic mass is 9.66. The molecule has 1 heterocycles. The highest BCUT2D eigenvalue weighted by atomic mass is 16.4. The van der Waals surface area contributed by atoms with Crippen LogP contribution in [0.4, 0.5) is 4.79 Å². The summed E-state index contributed by atoms with van der Waals surface area (Å²) in [5.41, 5.74) is -0.215. The summed E-state index contributed by atoms with van der Waals surface area (Å²) in [6.45, 7) is 4.15. The lowest BCUT2D eigenvalue weighted by molar-refractivity contribution is -0.141. The predicted octanol–water partition coefficient (Wildman–Crippen LogP) is 1.22. The van der Waals surface area contributed by atoms with Gasteiger partial charge in [-0.1, -0.05) is 13.3 Å². The molecule has 1 aliphatic carbocycles. The van der Waals surface area contributed by atoms with Crippen molar-refractivity contribution >= 4 is 12.0 Å². The van der Waals surface area contributed by atoms with Gasteiger partial charge < -0.3 is 20.2 Å². The molecule has 2 aliphatic rings. The summed E-state index contributed by atoms with van der Waals surface area (Å²) < 4.78 is 0. The fourth-order valence-corrected chi connectivity index (χ4v) is 3.58. The first kappa shape index (κ1) is 16.1. The minimum absolute atomic E-state index is 0.0529. The number of hydrogen-bond acceptors (Lipinski definition) is 3. The molecule has 2 fully saturated rings. The van der Waals surface area contributed by atoms with Crippen molar-refractivity contribution in [2.24, 2.45) is 11.3 Å². The van der Waals surface area contributed by atoms with Crippen LogP contribution in [0, 0.1) is 11.3 Å². The monoisotopic (exact) mass is 297 g/mol. The van der Waals surface area contributed by atoms with Crippen molar-refractivity contribution in [3.05, 3.63) is 0 Å². The number of nitrogens with zero attached hydrogens (tertiary/aromatic N) is 2. The van der Waals surface area contributed by atoms with Crippen molar-refractivity contribution in [3.8, 4) is 0 Å². The third-order valence-electron chi connectivity index (χ3n) is 5.08. The van der Waals surface area contributed by atoms with E-state index >= 15 is 0 Å². The van der Waals surface area contributed by atoms with Gasteiger partial charge in [-0.25, -0.2) is 4.79 Å². The highest BCUT2D eigenvalue weighted by Crippen LogP contribution is 2.43. The zero-order valence-corrected chi connectivity index (χ0v) is 13.3. The highest BCUT2D eigenvalue weighted by molar-refractivity contribution is 5.75. The van der Waals surface area contributed by atoms with Gasteiger partial charge in [0, 0.05) is 25.7 Å². The number of carboxylic acid groups (broad SMARTS) is 1. The standard InChI is InChI=1S/C15H27N3O3/c1-11-8-18(9-12(11)17(2)3)14(21)16-10-15(5-4-6-15)7-13(19)20/h11-12H,4-10H2,1-3H3,(H,16,21)(H,19,20). The second-order valence-electron chi connectivity index (χ2n) is 7.00. The van der Waals surface area contributed by atoms with Crippen LogP contribution in [0.15, 0.2) is 0 Å². The first-order valence-corrected chi connectivity index (χ1v) is 7.74. The molecule has 6 heteroatoms. The van der Waals surface area contributed by atoms with E-state index in [0.717, 1.165) is 32.4 Å². The average molecular weight is 297 g/mol. The van der Waals surface area contributed by atoms with E-state index in [2.05, 4.69) is 17.1 Å². The van der Waals surface area contributed by atoms with Gasteiger partial charge in [0.05, 0.1) is 6.42 Å². The molecule has 1 saturated carbocycles.